The number of carbonyl (C=O) groups is 2. The summed E-state index contributed by atoms with van der Waals surface area (Å²) in [5.74, 6) is 3.44. The van der Waals surface area contributed by atoms with Gasteiger partial charge in [0.25, 0.3) is 0 Å². The zero-order valence-corrected chi connectivity index (χ0v) is 30.5. The van der Waals surface area contributed by atoms with Crippen LogP contribution in [0.5, 0.6) is 0 Å². The van der Waals surface area contributed by atoms with Crippen molar-refractivity contribution in [3.63, 3.8) is 0 Å². The van der Waals surface area contributed by atoms with Crippen molar-refractivity contribution in [1.29, 1.82) is 0 Å². The van der Waals surface area contributed by atoms with E-state index in [4.69, 9.17) is 9.47 Å². The van der Waals surface area contributed by atoms with E-state index >= 15 is 0 Å². The van der Waals surface area contributed by atoms with Crippen LogP contribution in [0, 0.1) is 46.3 Å². The van der Waals surface area contributed by atoms with E-state index in [-0.39, 0.29) is 35.5 Å². The van der Waals surface area contributed by atoms with Crippen molar-refractivity contribution in [3.8, 4) is 0 Å². The monoisotopic (exact) mass is 664 g/mol. The van der Waals surface area contributed by atoms with E-state index in [1.54, 1.807) is 5.57 Å². The summed E-state index contributed by atoms with van der Waals surface area (Å²) in [6.07, 6.45) is 15.9. The minimum Gasteiger partial charge on any atom is -0.353 e. The Morgan fingerprint density at radius 1 is 0.917 bits per heavy atom. The molecule has 0 aromatic rings. The Balaban J connectivity index is 0.838. The quantitative estimate of drug-likeness (QED) is 0.300. The van der Waals surface area contributed by atoms with E-state index in [0.29, 0.717) is 29.3 Å². The van der Waals surface area contributed by atoms with Crippen LogP contribution in [0.15, 0.2) is 11.6 Å². The predicted octanol–water partition coefficient (Wildman–Crippen LogP) is 5.47. The van der Waals surface area contributed by atoms with Gasteiger partial charge >= 0.3 is 0 Å². The first-order valence-electron chi connectivity index (χ1n) is 20.1. The van der Waals surface area contributed by atoms with Gasteiger partial charge in [-0.3, -0.25) is 14.5 Å². The summed E-state index contributed by atoms with van der Waals surface area (Å²) in [7, 11) is 0. The first-order chi connectivity index (χ1) is 23.1. The molecule has 8 rings (SSSR count). The molecule has 8 heteroatoms. The van der Waals surface area contributed by atoms with E-state index in [9.17, 15) is 9.59 Å². The number of fused-ring (bicyclic) bond motifs is 7. The number of allylic oxidation sites excluding steroid dienone is 1. The van der Waals surface area contributed by atoms with Crippen LogP contribution >= 0.6 is 0 Å². The molecule has 0 aromatic carbocycles. The van der Waals surface area contributed by atoms with E-state index in [1.807, 2.05) is 4.90 Å². The summed E-state index contributed by atoms with van der Waals surface area (Å²) in [4.78, 5) is 33.2. The number of hydrogen-bond acceptors (Lipinski definition) is 6. The van der Waals surface area contributed by atoms with Gasteiger partial charge in [0.15, 0.2) is 5.79 Å². The van der Waals surface area contributed by atoms with Crippen LogP contribution in [-0.4, -0.2) is 103 Å². The Morgan fingerprint density at radius 3 is 2.40 bits per heavy atom. The number of piperazine rings is 1. The molecule has 268 valence electrons. The van der Waals surface area contributed by atoms with Gasteiger partial charge in [-0.2, -0.15) is 0 Å². The zero-order valence-electron chi connectivity index (χ0n) is 30.5. The summed E-state index contributed by atoms with van der Waals surface area (Å²) < 4.78 is 13.5. The third-order valence-electron chi connectivity index (χ3n) is 15.7. The number of nitrogens with one attached hydrogen (secondary N) is 1. The maximum absolute atomic E-state index is 13.1. The molecule has 1 spiro atoms. The Kier molecular flexibility index (Phi) is 9.07. The van der Waals surface area contributed by atoms with Gasteiger partial charge in [0.2, 0.25) is 11.8 Å². The summed E-state index contributed by atoms with van der Waals surface area (Å²) in [6.45, 7) is 18.8. The summed E-state index contributed by atoms with van der Waals surface area (Å²) in [5, 5.41) is 3.31. The second-order valence-corrected chi connectivity index (χ2v) is 18.2. The number of carbonyl (C=O) groups excluding carboxylic acids is 2. The van der Waals surface area contributed by atoms with E-state index < -0.39 is 0 Å². The normalized spacial score (nSPS) is 46.1. The molecule has 3 saturated carbocycles. The highest BCUT2D eigenvalue weighted by Crippen LogP contribution is 2.70. The maximum Gasteiger partial charge on any atom is 0.232 e. The number of rotatable bonds is 6. The average molecular weight is 665 g/mol. The first kappa shape index (κ1) is 33.7. The smallest absolute Gasteiger partial charge is 0.232 e. The number of ether oxygens (including phenoxy) is 2. The molecule has 0 aromatic heterocycles. The Hall–Kier alpha value is -1.48. The maximum atomic E-state index is 13.1. The Morgan fingerprint density at radius 2 is 1.67 bits per heavy atom. The van der Waals surface area contributed by atoms with Crippen LogP contribution in [0.1, 0.15) is 105 Å². The molecule has 2 amide bonds. The van der Waals surface area contributed by atoms with Gasteiger partial charge in [0, 0.05) is 57.6 Å². The highest BCUT2D eigenvalue weighted by atomic mass is 16.7. The molecular formula is C40H64N4O4. The molecule has 8 nitrogen and oxygen atoms in total. The van der Waals surface area contributed by atoms with E-state index in [1.165, 1.54) is 58.0 Å². The minimum atomic E-state index is -0.340. The van der Waals surface area contributed by atoms with Crippen molar-refractivity contribution in [2.45, 2.75) is 123 Å². The fourth-order valence-electron chi connectivity index (χ4n) is 12.8. The molecule has 4 heterocycles. The highest BCUT2D eigenvalue weighted by Gasteiger charge is 2.68. The number of amides is 2. The van der Waals surface area contributed by atoms with Crippen molar-refractivity contribution in [2.24, 2.45) is 46.3 Å². The van der Waals surface area contributed by atoms with Crippen molar-refractivity contribution in [2.75, 3.05) is 59.0 Å². The number of nitrogens with zero attached hydrogens (tertiary/aromatic N) is 3. The fourth-order valence-corrected chi connectivity index (χ4v) is 12.8. The van der Waals surface area contributed by atoms with Crippen LogP contribution in [0.25, 0.3) is 0 Å². The molecule has 4 aliphatic carbocycles. The zero-order chi connectivity index (χ0) is 33.3. The minimum absolute atomic E-state index is 0.00697. The third kappa shape index (κ3) is 5.81. The Labute approximate surface area is 290 Å². The van der Waals surface area contributed by atoms with Crippen molar-refractivity contribution >= 4 is 11.8 Å². The van der Waals surface area contributed by atoms with Gasteiger partial charge in [-0.15, -0.1) is 0 Å². The largest absolute Gasteiger partial charge is 0.353 e. The molecular weight excluding hydrogens is 600 g/mol. The van der Waals surface area contributed by atoms with E-state index in [2.05, 4.69) is 48.9 Å². The topological polar surface area (TPSA) is 74.3 Å². The van der Waals surface area contributed by atoms with Gasteiger partial charge in [0.05, 0.1) is 12.7 Å². The lowest BCUT2D eigenvalue weighted by Gasteiger charge is -2.58. The fraction of sp³-hybridized carbons (Fsp3) is 0.900. The van der Waals surface area contributed by atoms with Crippen LogP contribution < -0.4 is 5.32 Å². The van der Waals surface area contributed by atoms with Crippen molar-refractivity contribution < 1.29 is 19.1 Å². The lowest BCUT2D eigenvalue weighted by Crippen LogP contribution is -2.53. The molecule has 11 atom stereocenters. The molecule has 8 aliphatic rings. The summed E-state index contributed by atoms with van der Waals surface area (Å²) in [5.41, 5.74) is 2.14. The number of likely N-dealkylation sites (tertiary alicyclic amines) is 1. The van der Waals surface area contributed by atoms with Crippen molar-refractivity contribution in [1.82, 2.24) is 20.0 Å². The molecule has 48 heavy (non-hydrogen) atoms. The molecule has 0 radical (unpaired) electrons. The van der Waals surface area contributed by atoms with Gasteiger partial charge in [-0.25, -0.2) is 0 Å². The average Bonchev–Trinajstić information content (AvgIpc) is 3.77. The Bertz CT molecular complexity index is 1250. The molecule has 7 fully saturated rings. The second-order valence-electron chi connectivity index (χ2n) is 18.2. The van der Waals surface area contributed by atoms with Crippen LogP contribution in [0.3, 0.4) is 0 Å². The molecule has 0 bridgehead atoms. The molecule has 4 aliphatic heterocycles. The van der Waals surface area contributed by atoms with Gasteiger partial charge in [-0.1, -0.05) is 39.3 Å². The summed E-state index contributed by atoms with van der Waals surface area (Å²) >= 11 is 0. The molecule has 1 N–H and O–H groups in total. The van der Waals surface area contributed by atoms with Gasteiger partial charge in [-0.05, 0) is 118 Å². The van der Waals surface area contributed by atoms with Crippen LogP contribution in [0.4, 0.5) is 0 Å². The van der Waals surface area contributed by atoms with Crippen LogP contribution in [0.2, 0.25) is 0 Å². The summed E-state index contributed by atoms with van der Waals surface area (Å²) in [6, 6.07) is 0.145. The van der Waals surface area contributed by atoms with Gasteiger partial charge < -0.3 is 24.6 Å². The van der Waals surface area contributed by atoms with Crippen molar-refractivity contribution in [3.05, 3.63) is 11.6 Å². The van der Waals surface area contributed by atoms with E-state index in [0.717, 1.165) is 89.3 Å². The number of hydrogen-bond donors (Lipinski definition) is 1. The highest BCUT2D eigenvalue weighted by molar-refractivity contribution is 5.97. The standard InChI is InChI=1S/C40H64N4O4/c1-27-9-14-40(47-26-27)28(2)37-34(48-40)24-33-31-8-7-29-23-30(10-12-38(29,3)32(31)11-13-39(33,37)4)41-35(45)25-36(46)44-21-19-43(20-22-44)18-17-42-15-5-6-16-42/h7,27-28,30-34,37H,5-6,8-26H2,1-4H3,(H,41,45)/t27-,28+,30-,31-,32+,33+,34+,37+,38+,39+,40-/m1/s1. The predicted molar refractivity (Wildman–Crippen MR) is 187 cm³/mol. The lowest BCUT2D eigenvalue weighted by atomic mass is 9.46. The van der Waals surface area contributed by atoms with Crippen LogP contribution in [-0.2, 0) is 19.1 Å². The molecule has 0 unspecified atom stereocenters. The SMILES string of the molecule is C[C@@H]1CC[C@@]2(OC1)O[C@H]1C[C@H]3[C@@H]4CC=C5C[C@H](NC(=O)CC(=O)N6CCN(CCN7CCCC7)CC6)CC[C@]5(C)[C@H]4CC[C@]3(C)[C@H]1[C@@H]2C. The second kappa shape index (κ2) is 12.9. The lowest BCUT2D eigenvalue weighted by molar-refractivity contribution is -0.272. The third-order valence-corrected chi connectivity index (χ3v) is 15.7. The van der Waals surface area contributed by atoms with Gasteiger partial charge in [0.1, 0.15) is 6.42 Å². The first-order valence-corrected chi connectivity index (χ1v) is 20.1. The molecule has 4 saturated heterocycles.